The highest BCUT2D eigenvalue weighted by Gasteiger charge is 2.25. The van der Waals surface area contributed by atoms with Crippen LogP contribution in [0.3, 0.4) is 0 Å². The number of phosphoric acid groups is 1. The summed E-state index contributed by atoms with van der Waals surface area (Å²) in [7, 11) is -4.46. The Kier molecular flexibility index (Phi) is 14.1. The SMILES string of the molecule is CC(=O)OCC(COP(=O)(O)OCCCC(=O)CCOCCC(=O)O)OC(C)=O. The summed E-state index contributed by atoms with van der Waals surface area (Å²) >= 11 is 0. The van der Waals surface area contributed by atoms with Gasteiger partial charge in [0, 0.05) is 26.7 Å². The number of carbonyl (C=O) groups excluding carboxylic acids is 3. The molecule has 0 fully saturated rings. The smallest absolute Gasteiger partial charge is 0.472 e. The summed E-state index contributed by atoms with van der Waals surface area (Å²) in [6.45, 7) is 1.25. The van der Waals surface area contributed by atoms with E-state index in [9.17, 15) is 28.6 Å². The van der Waals surface area contributed by atoms with E-state index in [0.717, 1.165) is 13.8 Å². The number of rotatable bonds is 17. The van der Waals surface area contributed by atoms with Crippen molar-refractivity contribution in [2.45, 2.75) is 45.6 Å². The lowest BCUT2D eigenvalue weighted by atomic mass is 10.2. The molecule has 2 N–H and O–H groups in total. The zero-order valence-corrected chi connectivity index (χ0v) is 17.3. The number of hydrogen-bond acceptors (Lipinski definition) is 10. The van der Waals surface area contributed by atoms with Crippen LogP contribution in [-0.4, -0.2) is 72.8 Å². The van der Waals surface area contributed by atoms with Gasteiger partial charge in [-0.15, -0.1) is 0 Å². The molecule has 2 atom stereocenters. The fraction of sp³-hybridized carbons (Fsp3) is 0.750. The van der Waals surface area contributed by atoms with E-state index in [-0.39, 0.29) is 57.9 Å². The first-order valence-corrected chi connectivity index (χ1v) is 10.2. The third-order valence-electron chi connectivity index (χ3n) is 3.07. The Bertz CT molecular complexity index is 590. The molecule has 0 aromatic heterocycles. The maximum atomic E-state index is 11.8. The number of carbonyl (C=O) groups is 4. The van der Waals surface area contributed by atoms with Crippen molar-refractivity contribution in [2.75, 3.05) is 33.0 Å². The second-order valence-corrected chi connectivity index (χ2v) is 7.23. The molecule has 0 amide bonds. The molecule has 0 radical (unpaired) electrons. The van der Waals surface area contributed by atoms with Gasteiger partial charge in [-0.1, -0.05) is 0 Å². The second-order valence-electron chi connectivity index (χ2n) is 5.78. The van der Waals surface area contributed by atoms with Crippen LogP contribution < -0.4 is 0 Å². The van der Waals surface area contributed by atoms with Gasteiger partial charge in [-0.05, 0) is 6.42 Å². The van der Waals surface area contributed by atoms with Gasteiger partial charge in [0.1, 0.15) is 12.4 Å². The molecule has 0 saturated heterocycles. The molecule has 2 unspecified atom stereocenters. The maximum Gasteiger partial charge on any atom is 0.472 e. The molecule has 0 aliphatic heterocycles. The predicted molar refractivity (Wildman–Crippen MR) is 95.8 cm³/mol. The highest BCUT2D eigenvalue weighted by Crippen LogP contribution is 2.43. The van der Waals surface area contributed by atoms with E-state index < -0.39 is 38.4 Å². The standard InChI is InChI=1S/C16H27O12P/c1-12(17)25-10-15(28-13(2)18)11-27-29(22,23)26-7-3-4-14(19)5-8-24-9-6-16(20)21/h15H,3-11H2,1-2H3,(H,20,21)(H,22,23). The van der Waals surface area contributed by atoms with Crippen LogP contribution in [-0.2, 0) is 47.0 Å². The van der Waals surface area contributed by atoms with E-state index in [1.807, 2.05) is 0 Å². The number of carboxylic acids is 1. The summed E-state index contributed by atoms with van der Waals surface area (Å²) in [6.07, 6.45) is -0.906. The van der Waals surface area contributed by atoms with Gasteiger partial charge in [0.2, 0.25) is 0 Å². The van der Waals surface area contributed by atoms with E-state index in [4.69, 9.17) is 23.6 Å². The van der Waals surface area contributed by atoms with Crippen LogP contribution in [0, 0.1) is 0 Å². The quantitative estimate of drug-likeness (QED) is 0.185. The van der Waals surface area contributed by atoms with Gasteiger partial charge in [0.25, 0.3) is 0 Å². The first-order chi connectivity index (χ1) is 13.5. The highest BCUT2D eigenvalue weighted by atomic mass is 31.2. The molecule has 0 aromatic carbocycles. The molecule has 0 aliphatic rings. The minimum absolute atomic E-state index is 0.0164. The number of hydrogen-bond donors (Lipinski definition) is 2. The summed E-state index contributed by atoms with van der Waals surface area (Å²) < 4.78 is 35.7. The lowest BCUT2D eigenvalue weighted by Gasteiger charge is -2.18. The van der Waals surface area contributed by atoms with Crippen molar-refractivity contribution in [2.24, 2.45) is 0 Å². The van der Waals surface area contributed by atoms with E-state index in [2.05, 4.69) is 4.74 Å². The average molecular weight is 442 g/mol. The number of esters is 2. The van der Waals surface area contributed by atoms with Gasteiger partial charge in [0.15, 0.2) is 6.10 Å². The molecule has 0 spiro atoms. The minimum Gasteiger partial charge on any atom is -0.481 e. The van der Waals surface area contributed by atoms with Gasteiger partial charge in [-0.25, -0.2) is 4.57 Å². The Labute approximate surface area is 168 Å². The summed E-state index contributed by atoms with van der Waals surface area (Å²) in [5.74, 6) is -2.48. The van der Waals surface area contributed by atoms with Crippen LogP contribution in [0.15, 0.2) is 0 Å². The molecular weight excluding hydrogens is 415 g/mol. The van der Waals surface area contributed by atoms with Gasteiger partial charge < -0.3 is 24.2 Å². The fourth-order valence-corrected chi connectivity index (χ4v) is 2.59. The van der Waals surface area contributed by atoms with E-state index in [1.165, 1.54) is 0 Å². The molecule has 168 valence electrons. The van der Waals surface area contributed by atoms with Gasteiger partial charge in [0.05, 0.1) is 32.8 Å². The van der Waals surface area contributed by atoms with Crippen molar-refractivity contribution < 1.29 is 57.0 Å². The van der Waals surface area contributed by atoms with Gasteiger partial charge >= 0.3 is 25.7 Å². The molecule has 12 nitrogen and oxygen atoms in total. The maximum absolute atomic E-state index is 11.8. The monoisotopic (exact) mass is 442 g/mol. The number of ketones is 1. The number of phosphoric ester groups is 1. The number of ether oxygens (including phenoxy) is 3. The normalized spacial score (nSPS) is 13.9. The molecule has 0 aliphatic carbocycles. The Hall–Kier alpha value is -1.85. The zero-order valence-electron chi connectivity index (χ0n) is 16.4. The molecule has 0 bridgehead atoms. The largest absolute Gasteiger partial charge is 0.481 e. The number of aliphatic carboxylic acids is 1. The van der Waals surface area contributed by atoms with Crippen LogP contribution in [0.25, 0.3) is 0 Å². The van der Waals surface area contributed by atoms with E-state index in [0.29, 0.717) is 0 Å². The first-order valence-electron chi connectivity index (χ1n) is 8.75. The zero-order chi connectivity index (χ0) is 22.3. The summed E-state index contributed by atoms with van der Waals surface area (Å²) in [5, 5.41) is 8.43. The summed E-state index contributed by atoms with van der Waals surface area (Å²) in [6, 6.07) is 0. The molecule has 0 saturated carbocycles. The number of carboxylic acid groups (broad SMARTS) is 1. The van der Waals surface area contributed by atoms with Crippen LogP contribution >= 0.6 is 7.82 Å². The summed E-state index contributed by atoms with van der Waals surface area (Å²) in [5.41, 5.74) is 0. The lowest BCUT2D eigenvalue weighted by Crippen LogP contribution is -2.28. The van der Waals surface area contributed by atoms with Crippen molar-refractivity contribution in [1.82, 2.24) is 0 Å². The van der Waals surface area contributed by atoms with E-state index >= 15 is 0 Å². The minimum atomic E-state index is -4.46. The molecule has 0 heterocycles. The molecule has 29 heavy (non-hydrogen) atoms. The van der Waals surface area contributed by atoms with Crippen molar-refractivity contribution in [3.8, 4) is 0 Å². The molecule has 13 heteroatoms. The van der Waals surface area contributed by atoms with Crippen LogP contribution in [0.2, 0.25) is 0 Å². The number of Topliss-reactive ketones (excluding diaryl/α,β-unsaturated/α-hetero) is 1. The van der Waals surface area contributed by atoms with Crippen LogP contribution in [0.4, 0.5) is 0 Å². The summed E-state index contributed by atoms with van der Waals surface area (Å²) in [4.78, 5) is 53.3. The fourth-order valence-electron chi connectivity index (χ4n) is 1.80. The van der Waals surface area contributed by atoms with Crippen molar-refractivity contribution in [3.63, 3.8) is 0 Å². The first kappa shape index (κ1) is 27.1. The topological polar surface area (TPSA) is 172 Å². The Morgan fingerprint density at radius 1 is 0.897 bits per heavy atom. The highest BCUT2D eigenvalue weighted by molar-refractivity contribution is 7.47. The molecule has 0 rings (SSSR count). The Morgan fingerprint density at radius 2 is 1.55 bits per heavy atom. The van der Waals surface area contributed by atoms with Crippen molar-refractivity contribution in [3.05, 3.63) is 0 Å². The van der Waals surface area contributed by atoms with Gasteiger partial charge in [-0.2, -0.15) is 0 Å². The third kappa shape index (κ3) is 17.9. The second kappa shape index (κ2) is 15.1. The van der Waals surface area contributed by atoms with Crippen LogP contribution in [0.5, 0.6) is 0 Å². The van der Waals surface area contributed by atoms with Gasteiger partial charge in [-0.3, -0.25) is 28.2 Å². The molecular formula is C16H27O12P. The van der Waals surface area contributed by atoms with E-state index in [1.54, 1.807) is 0 Å². The van der Waals surface area contributed by atoms with Crippen molar-refractivity contribution >= 4 is 31.5 Å². The Morgan fingerprint density at radius 3 is 2.14 bits per heavy atom. The average Bonchev–Trinajstić information content (AvgIpc) is 2.60. The van der Waals surface area contributed by atoms with Crippen molar-refractivity contribution in [1.29, 1.82) is 0 Å². The van der Waals surface area contributed by atoms with Crippen LogP contribution in [0.1, 0.15) is 39.5 Å². The third-order valence-corrected chi connectivity index (χ3v) is 4.05. The molecule has 0 aromatic rings. The Balaban J connectivity index is 4.04. The predicted octanol–water partition coefficient (Wildman–Crippen LogP) is 0.845. The lowest BCUT2D eigenvalue weighted by molar-refractivity contribution is -0.158.